The monoisotopic (exact) mass is 463 g/mol. The number of fused-ring (bicyclic) bond motifs is 1. The number of likely N-dealkylation sites (tertiary alicyclic amines) is 1. The van der Waals surface area contributed by atoms with Crippen LogP contribution in [0.15, 0.2) is 41.2 Å². The Morgan fingerprint density at radius 1 is 1.15 bits per heavy atom. The van der Waals surface area contributed by atoms with Gasteiger partial charge in [0.1, 0.15) is 17.0 Å². The van der Waals surface area contributed by atoms with Crippen LogP contribution in [0.25, 0.3) is 22.6 Å². The number of hydrogen-bond donors (Lipinski definition) is 1. The van der Waals surface area contributed by atoms with Crippen LogP contribution < -0.4 is 15.2 Å². The van der Waals surface area contributed by atoms with Crippen LogP contribution in [-0.4, -0.2) is 56.5 Å². The van der Waals surface area contributed by atoms with E-state index in [0.29, 0.717) is 41.8 Å². The van der Waals surface area contributed by atoms with Crippen molar-refractivity contribution in [2.24, 2.45) is 5.92 Å². The summed E-state index contributed by atoms with van der Waals surface area (Å²) in [4.78, 5) is 11.4. The molecule has 1 saturated heterocycles. The summed E-state index contributed by atoms with van der Waals surface area (Å²) < 4.78 is 18.8. The van der Waals surface area contributed by atoms with Crippen LogP contribution in [0, 0.1) is 5.92 Å². The second kappa shape index (κ2) is 9.68. The van der Waals surface area contributed by atoms with Crippen molar-refractivity contribution >= 4 is 16.9 Å². The number of nitrogen functional groups attached to an aromatic ring is 1. The largest absolute Gasteiger partial charge is 0.493 e. The minimum atomic E-state index is 0.196. The average Bonchev–Trinajstić information content (AvgIpc) is 3.43. The smallest absolute Gasteiger partial charge is 0.221 e. The second-order valence-electron chi connectivity index (χ2n) is 8.65. The number of hydrogen-bond acceptors (Lipinski definition) is 9. The Balaban J connectivity index is 1.28. The number of imidazole rings is 1. The van der Waals surface area contributed by atoms with Crippen LogP contribution in [0.4, 0.5) is 5.82 Å². The van der Waals surface area contributed by atoms with E-state index in [1.165, 1.54) is 25.9 Å². The number of rotatable bonds is 8. The number of aromatic nitrogens is 5. The highest BCUT2D eigenvalue weighted by Crippen LogP contribution is 2.30. The van der Waals surface area contributed by atoms with Gasteiger partial charge in [-0.15, -0.1) is 0 Å². The normalized spacial score (nSPS) is 15.1. The molecule has 0 unspecified atom stereocenters. The van der Waals surface area contributed by atoms with Gasteiger partial charge in [0.2, 0.25) is 5.88 Å². The summed E-state index contributed by atoms with van der Waals surface area (Å²) in [5.74, 6) is 3.43. The van der Waals surface area contributed by atoms with Gasteiger partial charge < -0.3 is 24.7 Å². The van der Waals surface area contributed by atoms with Crippen LogP contribution in [0.3, 0.4) is 0 Å². The molecule has 34 heavy (non-hydrogen) atoms. The third-order valence-corrected chi connectivity index (χ3v) is 6.31. The number of nitrogens with two attached hydrogens (primary N) is 1. The minimum absolute atomic E-state index is 0.196. The van der Waals surface area contributed by atoms with Gasteiger partial charge in [-0.3, -0.25) is 0 Å². The highest BCUT2D eigenvalue weighted by Gasteiger charge is 2.19. The Bertz CT molecular complexity index is 1260. The molecule has 1 fully saturated rings. The Morgan fingerprint density at radius 2 is 1.97 bits per heavy atom. The summed E-state index contributed by atoms with van der Waals surface area (Å²) in [6, 6.07) is 9.51. The Hall–Kier alpha value is -3.66. The molecule has 0 saturated carbocycles. The van der Waals surface area contributed by atoms with Crippen LogP contribution in [0.1, 0.15) is 26.2 Å². The molecular formula is C24H29N7O3. The second-order valence-corrected chi connectivity index (χ2v) is 8.65. The van der Waals surface area contributed by atoms with Crippen molar-refractivity contribution in [3.8, 4) is 28.9 Å². The summed E-state index contributed by atoms with van der Waals surface area (Å²) in [6.07, 6.45) is 5.23. The molecular weight excluding hydrogens is 434 g/mol. The van der Waals surface area contributed by atoms with Crippen LogP contribution in [0.2, 0.25) is 0 Å². The van der Waals surface area contributed by atoms with Crippen LogP contribution in [-0.2, 0) is 6.54 Å². The van der Waals surface area contributed by atoms with Gasteiger partial charge in [0.25, 0.3) is 0 Å². The summed E-state index contributed by atoms with van der Waals surface area (Å²) >= 11 is 0. The Labute approximate surface area is 197 Å². The summed E-state index contributed by atoms with van der Waals surface area (Å²) in [5.41, 5.74) is 7.84. The number of anilines is 1. The molecule has 0 amide bonds. The quantitative estimate of drug-likeness (QED) is 0.414. The van der Waals surface area contributed by atoms with Crippen molar-refractivity contribution in [2.45, 2.75) is 32.7 Å². The van der Waals surface area contributed by atoms with Gasteiger partial charge in [0.05, 0.1) is 18.3 Å². The third-order valence-electron chi connectivity index (χ3n) is 6.31. The maximum absolute atomic E-state index is 6.05. The van der Waals surface area contributed by atoms with Gasteiger partial charge in [-0.25, -0.2) is 14.6 Å². The van der Waals surface area contributed by atoms with E-state index < -0.39 is 0 Å². The maximum atomic E-state index is 6.05. The molecule has 0 bridgehead atoms. The number of aryl methyl sites for hydroxylation is 1. The number of benzene rings is 1. The molecule has 0 aliphatic carbocycles. The lowest BCUT2D eigenvalue weighted by molar-refractivity contribution is 0.187. The van der Waals surface area contributed by atoms with Gasteiger partial charge in [0.15, 0.2) is 17.3 Å². The van der Waals surface area contributed by atoms with E-state index in [0.717, 1.165) is 23.6 Å². The first-order valence-corrected chi connectivity index (χ1v) is 11.6. The summed E-state index contributed by atoms with van der Waals surface area (Å²) in [5, 5.41) is 7.54. The van der Waals surface area contributed by atoms with E-state index in [1.807, 2.05) is 41.8 Å². The number of piperidine rings is 1. The molecule has 2 N–H and O–H groups in total. The first-order chi connectivity index (χ1) is 16.6. The maximum Gasteiger partial charge on any atom is 0.221 e. The molecule has 178 valence electrons. The zero-order valence-electron chi connectivity index (χ0n) is 19.5. The number of pyridine rings is 1. The average molecular weight is 464 g/mol. The molecule has 10 heteroatoms. The lowest BCUT2D eigenvalue weighted by atomic mass is 9.94. The molecule has 5 rings (SSSR count). The van der Waals surface area contributed by atoms with Crippen molar-refractivity contribution < 1.29 is 14.1 Å². The molecule has 4 aromatic rings. The predicted molar refractivity (Wildman–Crippen MR) is 128 cm³/mol. The van der Waals surface area contributed by atoms with Gasteiger partial charge >= 0.3 is 0 Å². The van der Waals surface area contributed by atoms with E-state index in [4.69, 9.17) is 19.8 Å². The van der Waals surface area contributed by atoms with Gasteiger partial charge in [-0.2, -0.15) is 0 Å². The molecule has 0 spiro atoms. The standard InChI is InChI=1S/C24H29N7O3/c1-3-31-20-14-21(26-15-19(20)27-24(31)22-23(25)29-34-28-22)33-18-6-4-5-17(13-18)32-12-9-16-7-10-30(2)11-8-16/h4-6,13-16H,3,7-12H2,1-2H3,(H2,25,29). The first kappa shape index (κ1) is 22.1. The van der Waals surface area contributed by atoms with Crippen LogP contribution >= 0.6 is 0 Å². The summed E-state index contributed by atoms with van der Waals surface area (Å²) in [7, 11) is 2.18. The molecule has 10 nitrogen and oxygen atoms in total. The number of nitrogens with zero attached hydrogens (tertiary/aromatic N) is 6. The van der Waals surface area contributed by atoms with Crippen molar-refractivity contribution in [3.63, 3.8) is 0 Å². The van der Waals surface area contributed by atoms with E-state index >= 15 is 0 Å². The SMILES string of the molecule is CCn1c(-c2nonc2N)nc2cnc(Oc3cccc(OCCC4CCN(C)CC4)c3)cc21. The zero-order chi connectivity index (χ0) is 23.5. The van der Waals surface area contributed by atoms with E-state index in [9.17, 15) is 0 Å². The van der Waals surface area contributed by atoms with E-state index in [-0.39, 0.29) is 5.82 Å². The zero-order valence-corrected chi connectivity index (χ0v) is 19.5. The molecule has 0 atom stereocenters. The molecule has 1 aliphatic rings. The topological polar surface area (TPSA) is 117 Å². The predicted octanol–water partition coefficient (Wildman–Crippen LogP) is 3.99. The van der Waals surface area contributed by atoms with Crippen molar-refractivity contribution in [2.75, 3.05) is 32.5 Å². The lowest BCUT2D eigenvalue weighted by Gasteiger charge is -2.28. The fourth-order valence-electron chi connectivity index (χ4n) is 4.36. The Kier molecular flexibility index (Phi) is 6.31. The Morgan fingerprint density at radius 3 is 2.74 bits per heavy atom. The van der Waals surface area contributed by atoms with Crippen LogP contribution in [0.5, 0.6) is 17.4 Å². The van der Waals surface area contributed by atoms with Gasteiger partial charge in [0, 0.05) is 18.7 Å². The highest BCUT2D eigenvalue weighted by molar-refractivity contribution is 5.81. The fourth-order valence-corrected chi connectivity index (χ4v) is 4.36. The number of ether oxygens (including phenoxy) is 2. The fraction of sp³-hybridized carbons (Fsp3) is 0.417. The molecule has 1 aliphatic heterocycles. The van der Waals surface area contributed by atoms with Gasteiger partial charge in [-0.1, -0.05) is 6.07 Å². The molecule has 1 aromatic carbocycles. The molecule has 0 radical (unpaired) electrons. The van der Waals surface area contributed by atoms with Crippen molar-refractivity contribution in [3.05, 3.63) is 36.5 Å². The first-order valence-electron chi connectivity index (χ1n) is 11.6. The highest BCUT2D eigenvalue weighted by atomic mass is 16.6. The summed E-state index contributed by atoms with van der Waals surface area (Å²) in [6.45, 7) is 5.73. The van der Waals surface area contributed by atoms with E-state index in [2.05, 4.69) is 32.2 Å². The van der Waals surface area contributed by atoms with E-state index in [1.54, 1.807) is 6.20 Å². The third kappa shape index (κ3) is 4.67. The van der Waals surface area contributed by atoms with Crippen molar-refractivity contribution in [1.82, 2.24) is 29.7 Å². The molecule has 4 heterocycles. The van der Waals surface area contributed by atoms with Gasteiger partial charge in [-0.05, 0) is 74.7 Å². The minimum Gasteiger partial charge on any atom is -0.493 e. The molecule has 3 aromatic heterocycles. The lowest BCUT2D eigenvalue weighted by Crippen LogP contribution is -2.30. The van der Waals surface area contributed by atoms with Crippen molar-refractivity contribution in [1.29, 1.82) is 0 Å².